The minimum absolute atomic E-state index is 0. The predicted octanol–water partition coefficient (Wildman–Crippen LogP) is 2.70. The van der Waals surface area contributed by atoms with Crippen molar-refractivity contribution in [1.82, 2.24) is 0 Å². The van der Waals surface area contributed by atoms with Crippen LogP contribution in [0, 0.1) is 5.41 Å². The number of allylic oxidation sites excluding steroid dienone is 4. The van der Waals surface area contributed by atoms with Gasteiger partial charge >= 0.3 is 203 Å². The van der Waals surface area contributed by atoms with Gasteiger partial charge in [-0.3, -0.25) is 0 Å². The number of benzene rings is 2. The van der Waals surface area contributed by atoms with Crippen molar-refractivity contribution < 1.29 is 48.0 Å². The third-order valence-electron chi connectivity index (χ3n) is 6.82. The van der Waals surface area contributed by atoms with Crippen LogP contribution in [-0.2, 0) is 34.1 Å². The van der Waals surface area contributed by atoms with Crippen LogP contribution in [0.2, 0.25) is 0 Å². The third-order valence-corrected chi connectivity index (χ3v) is 10.8. The van der Waals surface area contributed by atoms with Gasteiger partial charge in [0.15, 0.2) is 0 Å². The maximum absolute atomic E-state index is 2.55. The van der Waals surface area contributed by atoms with Gasteiger partial charge in [-0.2, -0.15) is 0 Å². The molecule has 0 aliphatic heterocycles. The van der Waals surface area contributed by atoms with Gasteiger partial charge in [0.05, 0.1) is 0 Å². The second-order valence-electron chi connectivity index (χ2n) is 12.5. The molecule has 0 radical (unpaired) electrons. The molecule has 0 aromatic heterocycles. The Kier molecular flexibility index (Phi) is 8.50. The molecule has 0 atom stereocenters. The van der Waals surface area contributed by atoms with Crippen LogP contribution >= 0.6 is 0 Å². The van der Waals surface area contributed by atoms with Gasteiger partial charge in [0.25, 0.3) is 0 Å². The van der Waals surface area contributed by atoms with Crippen molar-refractivity contribution in [2.24, 2.45) is 5.41 Å². The van der Waals surface area contributed by atoms with Crippen molar-refractivity contribution in [1.29, 1.82) is 0 Å². The van der Waals surface area contributed by atoms with Gasteiger partial charge in [0, 0.05) is 0 Å². The maximum Gasteiger partial charge on any atom is -1.00 e. The number of rotatable bonds is 2. The molecule has 0 heterocycles. The molecule has 3 heteroatoms. The van der Waals surface area contributed by atoms with Gasteiger partial charge < -0.3 is 24.8 Å². The summed E-state index contributed by atoms with van der Waals surface area (Å²) in [6, 6.07) is 14.7. The molecule has 0 N–H and O–H groups in total. The van der Waals surface area contributed by atoms with Gasteiger partial charge in [0.1, 0.15) is 0 Å². The van der Waals surface area contributed by atoms with Crippen molar-refractivity contribution in [3.63, 3.8) is 0 Å². The zero-order valence-corrected chi connectivity index (χ0v) is 25.6. The summed E-state index contributed by atoms with van der Waals surface area (Å²) in [6.45, 7) is 21.0. The van der Waals surface area contributed by atoms with Crippen LogP contribution in [-0.4, -0.2) is 0 Å². The van der Waals surface area contributed by atoms with Gasteiger partial charge in [-0.1, -0.05) is 0 Å². The molecule has 0 spiro atoms. The molecule has 4 rings (SSSR count). The van der Waals surface area contributed by atoms with Crippen molar-refractivity contribution in [3.05, 3.63) is 79.7 Å². The number of fused-ring (bicyclic) bond motifs is 3. The summed E-state index contributed by atoms with van der Waals surface area (Å²) in [5.74, 6) is 0. The molecule has 0 saturated heterocycles. The first kappa shape index (κ1) is 28.6. The monoisotopic (exact) mass is 558 g/mol. The summed E-state index contributed by atoms with van der Waals surface area (Å²) in [4.78, 5) is 0. The molecular formula is C30H38Cl2Zr. The minimum atomic E-state index is -0.774. The summed E-state index contributed by atoms with van der Waals surface area (Å²) < 4.78 is 2.38. The summed E-state index contributed by atoms with van der Waals surface area (Å²) in [5, 5.41) is 0. The Bertz CT molecular complexity index is 1020. The van der Waals surface area contributed by atoms with E-state index in [-0.39, 0.29) is 41.1 Å². The fraction of sp³-hybridized carbons (Fsp3) is 0.467. The Morgan fingerprint density at radius 2 is 1.12 bits per heavy atom. The van der Waals surface area contributed by atoms with Gasteiger partial charge in [-0.25, -0.2) is 0 Å². The molecule has 0 unspecified atom stereocenters. The summed E-state index contributed by atoms with van der Waals surface area (Å²) in [6.07, 6.45) is 6.22. The van der Waals surface area contributed by atoms with E-state index >= 15 is 0 Å². The number of hydrogen-bond donors (Lipinski definition) is 0. The van der Waals surface area contributed by atoms with E-state index < -0.39 is 23.2 Å². The molecule has 2 aromatic carbocycles. The van der Waals surface area contributed by atoms with Crippen LogP contribution in [0.1, 0.15) is 94.6 Å². The van der Waals surface area contributed by atoms with E-state index in [0.717, 1.165) is 0 Å². The van der Waals surface area contributed by atoms with E-state index in [1.165, 1.54) is 34.2 Å². The summed E-state index contributed by atoms with van der Waals surface area (Å²) >= 11 is -0.774. The molecule has 0 saturated carbocycles. The van der Waals surface area contributed by atoms with E-state index in [9.17, 15) is 0 Å². The second-order valence-corrected chi connectivity index (χ2v) is 16.2. The zero-order chi connectivity index (χ0) is 22.8. The Morgan fingerprint density at radius 3 is 1.48 bits per heavy atom. The van der Waals surface area contributed by atoms with E-state index in [0.29, 0.717) is 3.63 Å². The average Bonchev–Trinajstić information content (AvgIpc) is 3.23. The summed E-state index contributed by atoms with van der Waals surface area (Å²) in [5.41, 5.74) is 11.2. The minimum Gasteiger partial charge on any atom is -1.00 e. The first-order valence-corrected chi connectivity index (χ1v) is 14.4. The largest absolute Gasteiger partial charge is 1.00 e. The van der Waals surface area contributed by atoms with Crippen molar-refractivity contribution >= 4 is 0 Å². The molecule has 0 amide bonds. The molecule has 2 aliphatic rings. The normalized spacial score (nSPS) is 15.5. The standard InChI is InChI=1S/C21H25.C9H13.2ClH.Zr/c1-20(2,3)16-9-7-14-11-15-8-10-17(21(4,5)6)13-19(15)18(14)12-16;1-9(2,3)8-6-4-5-7-8;;;/h7-13H,1-6H3;6-7H,4H2,1-3H3;2*1H;/q;;;;+2/p-2. The Morgan fingerprint density at radius 1 is 0.667 bits per heavy atom. The molecule has 0 bridgehead atoms. The number of hydrogen-bond acceptors (Lipinski definition) is 0. The SMILES string of the molecule is CC(C)(C)C1=CC[C]([Zr+2][CH]2c3ccc(C(C)(C)C)cc3-c3cc(C(C)(C)C)ccc32)=C1.[Cl-].[Cl-]. The Balaban J connectivity index is 0.00000193. The van der Waals surface area contributed by atoms with Crippen LogP contribution in [0.3, 0.4) is 0 Å². The second kappa shape index (κ2) is 9.80. The van der Waals surface area contributed by atoms with E-state index in [4.69, 9.17) is 0 Å². The van der Waals surface area contributed by atoms with Gasteiger partial charge in [-0.15, -0.1) is 0 Å². The topological polar surface area (TPSA) is 0 Å². The molecule has 33 heavy (non-hydrogen) atoms. The molecule has 0 nitrogen and oxygen atoms in total. The van der Waals surface area contributed by atoms with E-state index in [2.05, 4.69) is 111 Å². The van der Waals surface area contributed by atoms with E-state index in [1.807, 2.05) is 0 Å². The molecule has 176 valence electrons. The molecule has 2 aliphatic carbocycles. The van der Waals surface area contributed by atoms with Crippen molar-refractivity contribution in [3.8, 4) is 11.1 Å². The molecule has 2 aromatic rings. The van der Waals surface area contributed by atoms with Crippen LogP contribution in [0.5, 0.6) is 0 Å². The maximum atomic E-state index is 2.55. The van der Waals surface area contributed by atoms with Gasteiger partial charge in [0.2, 0.25) is 0 Å². The van der Waals surface area contributed by atoms with Crippen molar-refractivity contribution in [2.45, 2.75) is 83.2 Å². The fourth-order valence-electron chi connectivity index (χ4n) is 4.67. The average molecular weight is 561 g/mol. The third kappa shape index (κ3) is 5.79. The van der Waals surface area contributed by atoms with Gasteiger partial charge in [-0.05, 0) is 0 Å². The zero-order valence-electron chi connectivity index (χ0n) is 21.7. The predicted molar refractivity (Wildman–Crippen MR) is 131 cm³/mol. The Labute approximate surface area is 226 Å². The Hall–Kier alpha value is -0.617. The van der Waals surface area contributed by atoms with Crippen LogP contribution in [0.25, 0.3) is 11.1 Å². The van der Waals surface area contributed by atoms with Crippen molar-refractivity contribution in [2.75, 3.05) is 0 Å². The molecular weight excluding hydrogens is 522 g/mol. The van der Waals surface area contributed by atoms with Crippen LogP contribution < -0.4 is 24.8 Å². The van der Waals surface area contributed by atoms with E-state index in [1.54, 1.807) is 14.4 Å². The smallest absolute Gasteiger partial charge is 1.00 e. The first-order valence-electron chi connectivity index (χ1n) is 11.7. The quantitative estimate of drug-likeness (QED) is 0.530. The first-order chi connectivity index (χ1) is 14.2. The van der Waals surface area contributed by atoms with Crippen LogP contribution in [0.15, 0.2) is 57.4 Å². The fourth-order valence-corrected chi connectivity index (χ4v) is 8.71. The molecule has 0 fully saturated rings. The van der Waals surface area contributed by atoms with Crippen LogP contribution in [0.4, 0.5) is 0 Å². The summed E-state index contributed by atoms with van der Waals surface area (Å²) in [7, 11) is 0. The number of halogens is 2.